The molecule has 8 aromatic rings. The molecule has 55 heavy (non-hydrogen) atoms. The number of fused-ring (bicyclic) bond motifs is 13. The minimum absolute atomic E-state index is 0.131. The molecule has 1 heteroatoms. The van der Waals surface area contributed by atoms with Crippen molar-refractivity contribution in [2.24, 2.45) is 0 Å². The highest BCUT2D eigenvalue weighted by Gasteiger charge is 2.53. The largest absolute Gasteiger partial charge is 0.310 e. The van der Waals surface area contributed by atoms with E-state index < -0.39 is 5.41 Å². The molecule has 0 unspecified atom stereocenters. The quantitative estimate of drug-likeness (QED) is 0.176. The van der Waals surface area contributed by atoms with E-state index in [2.05, 4.69) is 209 Å². The van der Waals surface area contributed by atoms with E-state index in [0.29, 0.717) is 0 Å². The normalized spacial score (nSPS) is 14.5. The molecule has 3 aliphatic rings. The summed E-state index contributed by atoms with van der Waals surface area (Å²) in [5, 5.41) is 0. The van der Waals surface area contributed by atoms with E-state index in [1.54, 1.807) is 0 Å². The van der Waals surface area contributed by atoms with Gasteiger partial charge in [0.2, 0.25) is 0 Å². The van der Waals surface area contributed by atoms with Crippen molar-refractivity contribution in [3.63, 3.8) is 0 Å². The molecule has 0 saturated heterocycles. The van der Waals surface area contributed by atoms with Crippen LogP contribution in [0.1, 0.15) is 58.4 Å². The first kappa shape index (κ1) is 32.0. The highest BCUT2D eigenvalue weighted by Crippen LogP contribution is 2.65. The Bertz CT molecular complexity index is 2820. The number of rotatable bonds is 4. The van der Waals surface area contributed by atoms with Crippen LogP contribution < -0.4 is 4.90 Å². The standard InChI is InChI=1S/C54H41N/c1-34-24-27-43-44-28-25-35(2)31-50(44)54(49(43)30-34)47-22-11-9-19-41(47)45-20-13-23-51(52(45)54)55(38-17-12-16-37(32-38)36-14-6-5-7-15-36)39-26-29-42-40-18-8-10-21-46(40)53(3,4)48(42)33-39/h5-33H,1-4H3. The van der Waals surface area contributed by atoms with Crippen LogP contribution in [0.5, 0.6) is 0 Å². The third-order valence-electron chi connectivity index (χ3n) is 12.8. The predicted octanol–water partition coefficient (Wildman–Crippen LogP) is 14.1. The molecule has 0 amide bonds. The summed E-state index contributed by atoms with van der Waals surface area (Å²) in [4.78, 5) is 2.56. The first-order chi connectivity index (χ1) is 26.9. The van der Waals surface area contributed by atoms with Crippen LogP contribution in [0.15, 0.2) is 176 Å². The van der Waals surface area contributed by atoms with Gasteiger partial charge < -0.3 is 4.90 Å². The van der Waals surface area contributed by atoms with Gasteiger partial charge >= 0.3 is 0 Å². The lowest BCUT2D eigenvalue weighted by molar-refractivity contribution is 0.660. The zero-order valence-electron chi connectivity index (χ0n) is 31.7. The van der Waals surface area contributed by atoms with E-state index in [4.69, 9.17) is 0 Å². The zero-order valence-corrected chi connectivity index (χ0v) is 31.7. The van der Waals surface area contributed by atoms with Crippen molar-refractivity contribution in [2.45, 2.75) is 38.5 Å². The molecule has 0 radical (unpaired) electrons. The van der Waals surface area contributed by atoms with Gasteiger partial charge in [-0.3, -0.25) is 0 Å². The fourth-order valence-corrected chi connectivity index (χ4v) is 10.3. The van der Waals surface area contributed by atoms with Crippen LogP contribution in [0.3, 0.4) is 0 Å². The van der Waals surface area contributed by atoms with Crippen LogP contribution in [-0.4, -0.2) is 0 Å². The fraction of sp³-hybridized carbons (Fsp3) is 0.111. The maximum Gasteiger partial charge on any atom is 0.0746 e. The Labute approximate surface area is 324 Å². The van der Waals surface area contributed by atoms with Crippen molar-refractivity contribution in [1.29, 1.82) is 0 Å². The molecule has 0 fully saturated rings. The monoisotopic (exact) mass is 703 g/mol. The smallest absolute Gasteiger partial charge is 0.0746 e. The molecule has 0 heterocycles. The van der Waals surface area contributed by atoms with Gasteiger partial charge in [-0.15, -0.1) is 0 Å². The molecule has 0 aromatic heterocycles. The molecule has 3 aliphatic carbocycles. The summed E-state index contributed by atoms with van der Waals surface area (Å²) in [6.07, 6.45) is 0. The van der Waals surface area contributed by atoms with E-state index in [1.807, 2.05) is 0 Å². The minimum atomic E-state index is -0.493. The zero-order chi connectivity index (χ0) is 37.1. The molecule has 262 valence electrons. The summed E-state index contributed by atoms with van der Waals surface area (Å²) in [6.45, 7) is 9.23. The molecule has 0 N–H and O–H groups in total. The third-order valence-corrected chi connectivity index (χ3v) is 12.8. The number of hydrogen-bond acceptors (Lipinski definition) is 1. The Morgan fingerprint density at radius 3 is 1.62 bits per heavy atom. The Morgan fingerprint density at radius 2 is 0.891 bits per heavy atom. The van der Waals surface area contributed by atoms with Crippen LogP contribution in [0.4, 0.5) is 17.1 Å². The van der Waals surface area contributed by atoms with Gasteiger partial charge in [0, 0.05) is 22.4 Å². The second-order valence-electron chi connectivity index (χ2n) is 16.2. The predicted molar refractivity (Wildman–Crippen MR) is 230 cm³/mol. The molecule has 0 aliphatic heterocycles. The van der Waals surface area contributed by atoms with Gasteiger partial charge in [0.25, 0.3) is 0 Å². The first-order valence-corrected chi connectivity index (χ1v) is 19.5. The van der Waals surface area contributed by atoms with Gasteiger partial charge in [-0.1, -0.05) is 171 Å². The molecular weight excluding hydrogens is 663 g/mol. The van der Waals surface area contributed by atoms with Crippen molar-refractivity contribution >= 4 is 17.1 Å². The Hall–Kier alpha value is -6.44. The Balaban J connectivity index is 1.24. The maximum absolute atomic E-state index is 2.56. The van der Waals surface area contributed by atoms with Crippen LogP contribution in [-0.2, 0) is 10.8 Å². The average molecular weight is 704 g/mol. The van der Waals surface area contributed by atoms with Crippen molar-refractivity contribution in [3.05, 3.63) is 220 Å². The van der Waals surface area contributed by atoms with Crippen LogP contribution in [0.25, 0.3) is 44.5 Å². The fourth-order valence-electron chi connectivity index (χ4n) is 10.3. The number of hydrogen-bond donors (Lipinski definition) is 0. The Morgan fingerprint density at radius 1 is 0.364 bits per heavy atom. The Kier molecular flexibility index (Phi) is 6.72. The van der Waals surface area contributed by atoms with Crippen molar-refractivity contribution in [1.82, 2.24) is 0 Å². The molecule has 1 spiro atoms. The van der Waals surface area contributed by atoms with E-state index in [-0.39, 0.29) is 5.41 Å². The van der Waals surface area contributed by atoms with Crippen LogP contribution >= 0.6 is 0 Å². The topological polar surface area (TPSA) is 3.24 Å². The van der Waals surface area contributed by atoms with E-state index in [9.17, 15) is 0 Å². The second kappa shape index (κ2) is 11.5. The summed E-state index contributed by atoms with van der Waals surface area (Å²) in [5.74, 6) is 0. The van der Waals surface area contributed by atoms with Crippen molar-refractivity contribution in [2.75, 3.05) is 4.90 Å². The molecule has 8 aromatic carbocycles. The third kappa shape index (κ3) is 4.36. The van der Waals surface area contributed by atoms with Crippen molar-refractivity contribution < 1.29 is 0 Å². The average Bonchev–Trinajstić information content (AvgIpc) is 3.76. The number of nitrogens with zero attached hydrogens (tertiary/aromatic N) is 1. The van der Waals surface area contributed by atoms with Crippen LogP contribution in [0, 0.1) is 13.8 Å². The van der Waals surface area contributed by atoms with Gasteiger partial charge in [0.1, 0.15) is 0 Å². The summed E-state index contributed by atoms with van der Waals surface area (Å²) >= 11 is 0. The van der Waals surface area contributed by atoms with Gasteiger partial charge in [-0.25, -0.2) is 0 Å². The lowest BCUT2D eigenvalue weighted by Crippen LogP contribution is -2.28. The number of aryl methyl sites for hydroxylation is 2. The number of benzene rings is 8. The lowest BCUT2D eigenvalue weighted by Gasteiger charge is -2.36. The van der Waals surface area contributed by atoms with Crippen molar-refractivity contribution in [3.8, 4) is 44.5 Å². The second-order valence-corrected chi connectivity index (χ2v) is 16.2. The van der Waals surface area contributed by atoms with Gasteiger partial charge in [-0.05, 0) is 117 Å². The van der Waals surface area contributed by atoms with Gasteiger partial charge in [0.05, 0.1) is 11.1 Å². The molecule has 0 saturated carbocycles. The highest BCUT2D eigenvalue weighted by molar-refractivity contribution is 6.00. The molecule has 0 bridgehead atoms. The van der Waals surface area contributed by atoms with Gasteiger partial charge in [-0.2, -0.15) is 0 Å². The van der Waals surface area contributed by atoms with Gasteiger partial charge in [0.15, 0.2) is 0 Å². The molecule has 11 rings (SSSR count). The molecule has 1 nitrogen and oxygen atoms in total. The molecular formula is C54H41N. The summed E-state index contributed by atoms with van der Waals surface area (Å²) in [5.41, 5.74) is 24.0. The minimum Gasteiger partial charge on any atom is -0.310 e. The summed E-state index contributed by atoms with van der Waals surface area (Å²) < 4.78 is 0. The van der Waals surface area contributed by atoms with Crippen LogP contribution in [0.2, 0.25) is 0 Å². The summed E-state index contributed by atoms with van der Waals surface area (Å²) in [7, 11) is 0. The highest BCUT2D eigenvalue weighted by atomic mass is 15.1. The van der Waals surface area contributed by atoms with E-state index in [0.717, 1.165) is 11.4 Å². The maximum atomic E-state index is 2.56. The summed E-state index contributed by atoms with van der Waals surface area (Å²) in [6, 6.07) is 66.4. The first-order valence-electron chi connectivity index (χ1n) is 19.5. The lowest BCUT2D eigenvalue weighted by atomic mass is 9.69. The van der Waals surface area contributed by atoms with E-state index >= 15 is 0 Å². The SMILES string of the molecule is Cc1ccc2c(c1)C1(c3cc(C)ccc3-2)c2ccccc2-c2cccc(N(c3cccc(-c4ccccc4)c3)c3ccc4c(c3)C(C)(C)c3ccccc3-4)c21. The van der Waals surface area contributed by atoms with E-state index in [1.165, 1.54) is 94.7 Å². The molecule has 0 atom stereocenters. The number of anilines is 3.